The first-order valence-electron chi connectivity index (χ1n) is 27.9. The average molecular weight is 987 g/mol. The molecule has 0 unspecified atom stereocenters. The van der Waals surface area contributed by atoms with E-state index < -0.39 is 0 Å². The van der Waals surface area contributed by atoms with E-state index in [9.17, 15) is 0 Å². The summed E-state index contributed by atoms with van der Waals surface area (Å²) in [4.78, 5) is 0. The van der Waals surface area contributed by atoms with Crippen LogP contribution in [-0.2, 0) is 21.7 Å². The fourth-order valence-electron chi connectivity index (χ4n) is 14.2. The number of rotatable bonds is 2. The van der Waals surface area contributed by atoms with Crippen LogP contribution in [-0.4, -0.2) is 13.4 Å². The van der Waals surface area contributed by atoms with E-state index in [0.29, 0.717) is 0 Å². The number of benzene rings is 10. The van der Waals surface area contributed by atoms with Crippen molar-refractivity contribution in [3.8, 4) is 67.5 Å². The molecule has 0 fully saturated rings. The molecule has 4 aliphatic rings. The van der Waals surface area contributed by atoms with Crippen molar-refractivity contribution >= 4 is 78.5 Å². The van der Waals surface area contributed by atoms with E-state index in [1.54, 1.807) is 0 Å². The fourth-order valence-corrected chi connectivity index (χ4v) is 14.2. The lowest BCUT2D eigenvalue weighted by atomic mass is 9.31. The van der Waals surface area contributed by atoms with Crippen LogP contribution in [0.15, 0.2) is 121 Å². The van der Waals surface area contributed by atoms with E-state index in [1.807, 2.05) is 0 Å². The van der Waals surface area contributed by atoms with Gasteiger partial charge in [-0.05, 0) is 229 Å². The Bertz CT molecular complexity index is 3940. The molecule has 10 aromatic rings. The van der Waals surface area contributed by atoms with E-state index in [-0.39, 0.29) is 35.1 Å². The Balaban J connectivity index is 1.24. The van der Waals surface area contributed by atoms with Crippen LogP contribution in [0.4, 0.5) is 0 Å². The standard InChI is InChI=1S/C72H68B2O2/c1-37-19-17-20-38(2)61(37)45-33-47-51-27-43(71(11,12)13)31-59-67(51)74(54-26-24-42(70(8,9)10)30-58(54)75-59)56-36-50-46(62-39(3)21-18-22-40(62)4)34-48-52-28-44(72(14,15)16)32-60-68(52)73(53-25-23-41(69(5,6)7)29-57(53)76-60)55-35-49(45)65(63(47)56)66(50)64(48)55/h17-36H,1-16H3. The number of aryl methyl sites for hydroxylation is 4. The Morgan fingerprint density at radius 1 is 0.303 bits per heavy atom. The van der Waals surface area contributed by atoms with Crippen LogP contribution in [0.5, 0.6) is 23.0 Å². The van der Waals surface area contributed by atoms with Gasteiger partial charge in [-0.1, -0.05) is 179 Å². The van der Waals surface area contributed by atoms with Crippen LogP contribution < -0.4 is 42.3 Å². The molecule has 0 saturated carbocycles. The summed E-state index contributed by atoms with van der Waals surface area (Å²) in [5.41, 5.74) is 28.1. The van der Waals surface area contributed by atoms with Crippen molar-refractivity contribution in [2.75, 3.05) is 0 Å². The summed E-state index contributed by atoms with van der Waals surface area (Å²) in [6.45, 7) is 37.1. The SMILES string of the molecule is Cc1cccc(C)c1-c1cc2c3c(cc4c(-c5c(C)cccc5C)cc5c6c(cc1c3c46)B1c3ccc(C(C)(C)C)cc3Oc3cc(C(C)(C)C)cc-5c31)B1c3ccc(C(C)(C)C)cc3Oc3cc(C(C)(C)C)cc-2c31. The molecule has 4 heteroatoms. The highest BCUT2D eigenvalue weighted by molar-refractivity contribution is 7.01. The molecule has 14 rings (SSSR count). The molecule has 76 heavy (non-hydrogen) atoms. The third-order valence-electron chi connectivity index (χ3n) is 18.3. The maximum absolute atomic E-state index is 7.32. The number of fused-ring (bicyclic) bond motifs is 8. The van der Waals surface area contributed by atoms with Gasteiger partial charge in [0.2, 0.25) is 0 Å². The lowest BCUT2D eigenvalue weighted by Crippen LogP contribution is -2.58. The van der Waals surface area contributed by atoms with E-state index in [1.165, 1.54) is 154 Å². The first-order chi connectivity index (χ1) is 35.9. The third kappa shape index (κ3) is 6.55. The van der Waals surface area contributed by atoms with Gasteiger partial charge in [0, 0.05) is 0 Å². The molecule has 0 amide bonds. The molecule has 0 spiro atoms. The van der Waals surface area contributed by atoms with Crippen LogP contribution in [0.2, 0.25) is 0 Å². The van der Waals surface area contributed by atoms with Gasteiger partial charge < -0.3 is 9.47 Å². The second kappa shape index (κ2) is 15.3. The molecule has 0 aromatic heterocycles. The minimum Gasteiger partial charge on any atom is -0.458 e. The summed E-state index contributed by atoms with van der Waals surface area (Å²) in [5, 5.41) is 8.11. The Labute approximate surface area is 451 Å². The summed E-state index contributed by atoms with van der Waals surface area (Å²) >= 11 is 0. The summed E-state index contributed by atoms with van der Waals surface area (Å²) in [6, 6.07) is 48.2. The van der Waals surface area contributed by atoms with Gasteiger partial charge in [0.05, 0.1) is 0 Å². The summed E-state index contributed by atoms with van der Waals surface area (Å²) in [5.74, 6) is 3.89. The van der Waals surface area contributed by atoms with Crippen LogP contribution in [0, 0.1) is 27.7 Å². The summed E-state index contributed by atoms with van der Waals surface area (Å²) < 4.78 is 14.6. The lowest BCUT2D eigenvalue weighted by Gasteiger charge is -2.39. The normalized spacial score (nSPS) is 14.2. The van der Waals surface area contributed by atoms with E-state index in [2.05, 4.69) is 232 Å². The molecule has 0 radical (unpaired) electrons. The predicted octanol–water partition coefficient (Wildman–Crippen LogP) is 15.5. The second-order valence-corrected chi connectivity index (χ2v) is 27.5. The van der Waals surface area contributed by atoms with E-state index in [0.717, 1.165) is 23.0 Å². The number of hydrogen-bond donors (Lipinski definition) is 0. The fraction of sp³-hybridized carbons (Fsp3) is 0.278. The highest BCUT2D eigenvalue weighted by Crippen LogP contribution is 2.53. The first kappa shape index (κ1) is 47.4. The molecule has 0 aliphatic carbocycles. The predicted molar refractivity (Wildman–Crippen MR) is 328 cm³/mol. The molecule has 4 heterocycles. The Morgan fingerprint density at radius 2 is 0.645 bits per heavy atom. The van der Waals surface area contributed by atoms with Crippen LogP contribution in [0.3, 0.4) is 0 Å². The quantitative estimate of drug-likeness (QED) is 0.127. The molecular formula is C72H68B2O2. The van der Waals surface area contributed by atoms with Crippen molar-refractivity contribution in [2.24, 2.45) is 0 Å². The highest BCUT2D eigenvalue weighted by atomic mass is 16.5. The molecule has 2 nitrogen and oxygen atoms in total. The largest absolute Gasteiger partial charge is 0.458 e. The second-order valence-electron chi connectivity index (χ2n) is 27.5. The van der Waals surface area contributed by atoms with E-state index >= 15 is 0 Å². The summed E-state index contributed by atoms with van der Waals surface area (Å²) in [7, 11) is 0. The van der Waals surface area contributed by atoms with Crippen molar-refractivity contribution in [3.05, 3.63) is 166 Å². The van der Waals surface area contributed by atoms with Crippen LogP contribution in [0.25, 0.3) is 76.8 Å². The van der Waals surface area contributed by atoms with Crippen molar-refractivity contribution < 1.29 is 9.47 Å². The average Bonchev–Trinajstić information content (AvgIpc) is 3.53. The van der Waals surface area contributed by atoms with Crippen molar-refractivity contribution in [2.45, 2.75) is 132 Å². The van der Waals surface area contributed by atoms with Crippen LogP contribution >= 0.6 is 0 Å². The third-order valence-corrected chi connectivity index (χ3v) is 18.3. The number of hydrogen-bond acceptors (Lipinski definition) is 2. The molecule has 10 aromatic carbocycles. The number of ether oxygens (including phenoxy) is 2. The zero-order valence-electron chi connectivity index (χ0n) is 47.5. The Morgan fingerprint density at radius 3 is 0.987 bits per heavy atom. The molecule has 0 saturated heterocycles. The van der Waals surface area contributed by atoms with Gasteiger partial charge in [0.15, 0.2) is 0 Å². The van der Waals surface area contributed by atoms with Gasteiger partial charge in [0.1, 0.15) is 23.0 Å². The maximum atomic E-state index is 7.32. The summed E-state index contributed by atoms with van der Waals surface area (Å²) in [6.07, 6.45) is 0. The minimum atomic E-state index is -0.121. The monoisotopic (exact) mass is 987 g/mol. The van der Waals surface area contributed by atoms with Crippen molar-refractivity contribution in [3.63, 3.8) is 0 Å². The van der Waals surface area contributed by atoms with Crippen molar-refractivity contribution in [1.82, 2.24) is 0 Å². The van der Waals surface area contributed by atoms with Gasteiger partial charge in [-0.2, -0.15) is 0 Å². The maximum Gasteiger partial charge on any atom is 0.252 e. The molecular weight excluding hydrogens is 918 g/mol. The van der Waals surface area contributed by atoms with Crippen LogP contribution in [0.1, 0.15) is 128 Å². The van der Waals surface area contributed by atoms with E-state index in [4.69, 9.17) is 9.47 Å². The molecule has 0 bridgehead atoms. The molecule has 0 atom stereocenters. The smallest absolute Gasteiger partial charge is 0.252 e. The zero-order valence-corrected chi connectivity index (χ0v) is 47.5. The lowest BCUT2D eigenvalue weighted by molar-refractivity contribution is 0.479. The van der Waals surface area contributed by atoms with Crippen molar-refractivity contribution in [1.29, 1.82) is 0 Å². The first-order valence-corrected chi connectivity index (χ1v) is 27.9. The molecule has 374 valence electrons. The van der Waals surface area contributed by atoms with Gasteiger partial charge in [-0.25, -0.2) is 0 Å². The minimum absolute atomic E-state index is 0.0429. The van der Waals surface area contributed by atoms with Gasteiger partial charge in [-0.3, -0.25) is 0 Å². The Hall–Kier alpha value is -7.03. The Kier molecular flexibility index (Phi) is 9.57. The topological polar surface area (TPSA) is 18.5 Å². The highest BCUT2D eigenvalue weighted by Gasteiger charge is 2.46. The zero-order chi connectivity index (χ0) is 53.2. The molecule has 0 N–H and O–H groups in total. The van der Waals surface area contributed by atoms with Gasteiger partial charge >= 0.3 is 0 Å². The van der Waals surface area contributed by atoms with Gasteiger partial charge in [0.25, 0.3) is 13.4 Å². The molecule has 4 aliphatic heterocycles. The van der Waals surface area contributed by atoms with Gasteiger partial charge in [-0.15, -0.1) is 0 Å².